The highest BCUT2D eigenvalue weighted by Crippen LogP contribution is 2.22. The summed E-state index contributed by atoms with van der Waals surface area (Å²) in [6.45, 7) is 9.61. The van der Waals surface area contributed by atoms with Gasteiger partial charge in [0.25, 0.3) is 5.91 Å². The van der Waals surface area contributed by atoms with Gasteiger partial charge in [-0.1, -0.05) is 24.3 Å². The van der Waals surface area contributed by atoms with Gasteiger partial charge in [-0.2, -0.15) is 0 Å². The average molecular weight is 613 g/mol. The van der Waals surface area contributed by atoms with Gasteiger partial charge in [0.05, 0.1) is 12.7 Å². The number of amides is 1. The van der Waals surface area contributed by atoms with Crippen LogP contribution in [0.3, 0.4) is 0 Å². The summed E-state index contributed by atoms with van der Waals surface area (Å²) in [5, 5.41) is 11.3. The third-order valence-corrected chi connectivity index (χ3v) is 6.89. The second-order valence-corrected chi connectivity index (χ2v) is 9.82. The van der Waals surface area contributed by atoms with Crippen LogP contribution in [-0.2, 0) is 11.3 Å². The number of para-hydroxylation sites is 1. The molecule has 7 nitrogen and oxygen atoms in total. The minimum atomic E-state index is -0.439. The molecule has 2 atom stereocenters. The maximum Gasteiger partial charge on any atom is 0.254 e. The van der Waals surface area contributed by atoms with Gasteiger partial charge in [-0.25, -0.2) is 8.78 Å². The Kier molecular flexibility index (Phi) is 17.0. The fourth-order valence-electron chi connectivity index (χ4n) is 5.05. The number of hydrogen-bond donors (Lipinski definition) is 2. The van der Waals surface area contributed by atoms with Crippen molar-refractivity contribution in [3.05, 3.63) is 107 Å². The Morgan fingerprint density at radius 1 is 0.955 bits per heavy atom. The Morgan fingerprint density at radius 3 is 2.11 bits per heavy atom. The van der Waals surface area contributed by atoms with Crippen molar-refractivity contribution in [2.75, 3.05) is 39.7 Å². The molecular weight excluding hydrogens is 569 g/mol. The van der Waals surface area contributed by atoms with Crippen molar-refractivity contribution >= 4 is 29.3 Å². The van der Waals surface area contributed by atoms with Crippen LogP contribution in [0.1, 0.15) is 35.3 Å². The van der Waals surface area contributed by atoms with E-state index in [0.717, 1.165) is 30.4 Å². The van der Waals surface area contributed by atoms with Crippen LogP contribution < -0.4 is 5.32 Å². The van der Waals surface area contributed by atoms with Crippen LogP contribution in [0.4, 0.5) is 18.9 Å². The summed E-state index contributed by atoms with van der Waals surface area (Å²) in [7, 11) is 3.33. The van der Waals surface area contributed by atoms with E-state index < -0.39 is 11.6 Å². The zero-order chi connectivity index (χ0) is 33.2. The zero-order valence-corrected chi connectivity index (χ0v) is 26.2. The summed E-state index contributed by atoms with van der Waals surface area (Å²) >= 11 is 0. The Labute approximate surface area is 258 Å². The van der Waals surface area contributed by atoms with Crippen molar-refractivity contribution in [1.29, 1.82) is 0 Å². The molecule has 3 aromatic carbocycles. The predicted molar refractivity (Wildman–Crippen MR) is 171 cm³/mol. The molecule has 2 N–H and O–H groups in total. The van der Waals surface area contributed by atoms with Gasteiger partial charge >= 0.3 is 0 Å². The molecule has 0 radical (unpaired) electrons. The van der Waals surface area contributed by atoms with E-state index in [9.17, 15) is 18.0 Å². The number of carbonyl (C=O) groups excluding carboxylic acids is 2. The fourth-order valence-corrected chi connectivity index (χ4v) is 5.05. The van der Waals surface area contributed by atoms with Crippen LogP contribution in [0.15, 0.2) is 79.0 Å². The number of rotatable bonds is 4. The number of aryl methyl sites for hydroxylation is 1. The van der Waals surface area contributed by atoms with E-state index in [2.05, 4.69) is 46.4 Å². The number of carbonyl (C=O) groups is 2. The normalized spacial score (nSPS) is 15.5. The third kappa shape index (κ3) is 10.5. The minimum Gasteiger partial charge on any atom is -0.400 e. The smallest absolute Gasteiger partial charge is 0.254 e. The molecule has 2 heterocycles. The standard InChI is InChI=1S/C21H25F2N3O.C10H9N.CH3F.CH4O.CH2O/c1-14-11-25(13-17-10-18(22)6-9-20(17)23)12-15(2)26(14)21(27)16-4-7-19(24-3)8-5-16;1-8-4-2-5-9-6-3-7-11-10(8)9;3*1-2/h4-10,14-15,24H,11-13H2,1-3H3;2-7H,1H3;1H3;2H,1H3;1H2. The second-order valence-electron chi connectivity index (χ2n) is 9.82. The molecule has 2 unspecified atom stereocenters. The SMILES string of the molecule is C=O.CF.CNc1ccc(C(=O)N2C(C)CN(Cc3cc(F)ccc3F)CC2C)cc1.CO.Cc1cccc2cccnc12. The van der Waals surface area contributed by atoms with E-state index >= 15 is 0 Å². The maximum absolute atomic E-state index is 13.9. The Hall–Kier alpha value is -4.28. The molecule has 0 aliphatic carbocycles. The lowest BCUT2D eigenvalue weighted by Gasteiger charge is -2.44. The van der Waals surface area contributed by atoms with E-state index in [0.29, 0.717) is 37.9 Å². The average Bonchev–Trinajstić information content (AvgIpc) is 3.06. The molecule has 1 fully saturated rings. The first-order valence-corrected chi connectivity index (χ1v) is 13.9. The van der Waals surface area contributed by atoms with Crippen molar-refractivity contribution in [2.24, 2.45) is 0 Å². The van der Waals surface area contributed by atoms with Crippen molar-refractivity contribution in [3.63, 3.8) is 0 Å². The zero-order valence-electron chi connectivity index (χ0n) is 26.2. The Morgan fingerprint density at radius 2 is 1.55 bits per heavy atom. The molecule has 0 saturated carbocycles. The highest BCUT2D eigenvalue weighted by Gasteiger charge is 2.33. The van der Waals surface area contributed by atoms with Gasteiger partial charge in [-0.3, -0.25) is 19.1 Å². The number of alkyl halides is 1. The highest BCUT2D eigenvalue weighted by atomic mass is 19.1. The summed E-state index contributed by atoms with van der Waals surface area (Å²) in [4.78, 5) is 29.2. The van der Waals surface area contributed by atoms with Gasteiger partial charge in [0, 0.05) is 74.3 Å². The number of nitrogens with zero attached hydrogens (tertiary/aromatic N) is 3. The molecule has 0 bridgehead atoms. The van der Waals surface area contributed by atoms with Gasteiger partial charge in [-0.15, -0.1) is 0 Å². The van der Waals surface area contributed by atoms with Crippen LogP contribution in [0.5, 0.6) is 0 Å². The van der Waals surface area contributed by atoms with Gasteiger partial charge in [0.2, 0.25) is 0 Å². The Bertz CT molecular complexity index is 1410. The van der Waals surface area contributed by atoms with Crippen LogP contribution in [0.2, 0.25) is 0 Å². The van der Waals surface area contributed by atoms with E-state index in [4.69, 9.17) is 9.90 Å². The van der Waals surface area contributed by atoms with E-state index in [1.165, 1.54) is 17.0 Å². The monoisotopic (exact) mass is 612 g/mol. The van der Waals surface area contributed by atoms with Crippen LogP contribution in [0, 0.1) is 18.6 Å². The minimum absolute atomic E-state index is 0.00533. The van der Waals surface area contributed by atoms with Crippen LogP contribution in [-0.4, -0.2) is 79.1 Å². The molecule has 10 heteroatoms. The summed E-state index contributed by atoms with van der Waals surface area (Å²) in [5.74, 6) is -0.847. The number of fused-ring (bicyclic) bond motifs is 1. The summed E-state index contributed by atoms with van der Waals surface area (Å²) in [5.41, 5.74) is 4.29. The number of nitrogens with one attached hydrogen (secondary N) is 1. The van der Waals surface area contributed by atoms with E-state index in [-0.39, 0.29) is 18.0 Å². The van der Waals surface area contributed by atoms with Crippen molar-refractivity contribution in [3.8, 4) is 0 Å². The molecule has 1 amide bonds. The lowest BCUT2D eigenvalue weighted by atomic mass is 10.0. The van der Waals surface area contributed by atoms with Gasteiger partial charge in [-0.05, 0) is 74.9 Å². The highest BCUT2D eigenvalue weighted by molar-refractivity contribution is 5.95. The largest absolute Gasteiger partial charge is 0.400 e. The third-order valence-electron chi connectivity index (χ3n) is 6.89. The van der Waals surface area contributed by atoms with Crippen LogP contribution in [0.25, 0.3) is 10.9 Å². The Balaban J connectivity index is 0.000000471. The van der Waals surface area contributed by atoms with Gasteiger partial charge in [0.1, 0.15) is 18.4 Å². The summed E-state index contributed by atoms with van der Waals surface area (Å²) in [6, 6.07) is 21.1. The predicted octanol–water partition coefficient (Wildman–Crippen LogP) is 6.29. The van der Waals surface area contributed by atoms with Gasteiger partial charge in [0.15, 0.2) is 0 Å². The number of piperazine rings is 1. The number of aromatic nitrogens is 1. The molecule has 1 aliphatic rings. The molecule has 1 aliphatic heterocycles. The lowest BCUT2D eigenvalue weighted by Crippen LogP contribution is -2.58. The molecule has 1 aromatic heterocycles. The molecule has 1 saturated heterocycles. The first-order chi connectivity index (χ1) is 21.3. The number of anilines is 1. The number of pyridine rings is 1. The van der Waals surface area contributed by atoms with Gasteiger partial charge < -0.3 is 20.1 Å². The molecule has 0 spiro atoms. The lowest BCUT2D eigenvalue weighted by molar-refractivity contribution is -0.0980. The second kappa shape index (κ2) is 19.8. The molecular formula is C34H43F3N4O3. The topological polar surface area (TPSA) is 85.8 Å². The number of hydrogen-bond acceptors (Lipinski definition) is 6. The first kappa shape index (κ1) is 37.7. The first-order valence-electron chi connectivity index (χ1n) is 13.9. The number of halogens is 3. The quantitative estimate of drug-likeness (QED) is 0.282. The molecule has 44 heavy (non-hydrogen) atoms. The van der Waals surface area contributed by atoms with Crippen molar-refractivity contribution in [1.82, 2.24) is 14.8 Å². The van der Waals surface area contributed by atoms with Crippen molar-refractivity contribution in [2.45, 2.75) is 39.4 Å². The number of aliphatic hydroxyl groups excluding tert-OH is 1. The molecule has 4 aromatic rings. The van der Waals surface area contributed by atoms with E-state index in [1.807, 2.05) is 69.1 Å². The molecule has 238 valence electrons. The number of aliphatic hydroxyl groups is 1. The van der Waals surface area contributed by atoms with Crippen LogP contribution >= 0.6 is 0 Å². The molecule has 5 rings (SSSR count). The van der Waals surface area contributed by atoms with E-state index in [1.54, 1.807) is 0 Å². The fraction of sp³-hybridized carbons (Fsp3) is 0.324. The number of benzene rings is 3. The maximum atomic E-state index is 13.9. The summed E-state index contributed by atoms with van der Waals surface area (Å²) < 4.78 is 36.9. The van der Waals surface area contributed by atoms with Crippen molar-refractivity contribution < 1.29 is 27.9 Å². The summed E-state index contributed by atoms with van der Waals surface area (Å²) in [6.07, 6.45) is 1.83.